The molecule has 112 valence electrons. The fraction of sp³-hybridized carbons (Fsp3) is 0.600. The molecule has 1 aliphatic heterocycles. The number of benzene rings is 1. The molecular weight excluding hydrogens is 256 g/mol. The number of rotatable bonds is 6. The highest BCUT2D eigenvalue weighted by Gasteiger charge is 2.16. The number of ether oxygens (including phenoxy) is 3. The molecule has 2 N–H and O–H groups in total. The number of hydrogen-bond acceptors (Lipinski definition) is 5. The number of methoxy groups -OCH3 is 2. The van der Waals surface area contributed by atoms with Gasteiger partial charge in [-0.2, -0.15) is 0 Å². The van der Waals surface area contributed by atoms with E-state index in [1.807, 2.05) is 18.2 Å². The maximum absolute atomic E-state index is 5.47. The molecular formula is C15H24N2O3. The van der Waals surface area contributed by atoms with Gasteiger partial charge in [0, 0.05) is 30.4 Å². The highest BCUT2D eigenvalue weighted by atomic mass is 16.5. The first-order valence-electron chi connectivity index (χ1n) is 7.02. The molecule has 2 atom stereocenters. The van der Waals surface area contributed by atoms with Crippen LogP contribution in [-0.2, 0) is 4.74 Å². The van der Waals surface area contributed by atoms with Gasteiger partial charge in [-0.15, -0.1) is 0 Å². The third-order valence-corrected chi connectivity index (χ3v) is 3.43. The lowest BCUT2D eigenvalue weighted by atomic mass is 10.1. The summed E-state index contributed by atoms with van der Waals surface area (Å²) in [6, 6.07) is 6.65. The Morgan fingerprint density at radius 2 is 2.15 bits per heavy atom. The second-order valence-corrected chi connectivity index (χ2v) is 5.08. The molecule has 5 nitrogen and oxygen atoms in total. The number of nitrogens with one attached hydrogen (secondary N) is 2. The fourth-order valence-electron chi connectivity index (χ4n) is 2.47. The van der Waals surface area contributed by atoms with Crippen LogP contribution in [0.4, 0.5) is 5.69 Å². The lowest BCUT2D eigenvalue weighted by Crippen LogP contribution is -2.43. The Bertz CT molecular complexity index is 420. The van der Waals surface area contributed by atoms with Crippen molar-refractivity contribution in [2.24, 2.45) is 0 Å². The molecule has 0 amide bonds. The summed E-state index contributed by atoms with van der Waals surface area (Å²) >= 11 is 0. The molecule has 0 saturated carbocycles. The van der Waals surface area contributed by atoms with Crippen molar-refractivity contribution in [3.63, 3.8) is 0 Å². The molecule has 20 heavy (non-hydrogen) atoms. The molecule has 1 aliphatic rings. The number of anilines is 1. The zero-order chi connectivity index (χ0) is 14.4. The molecule has 2 rings (SSSR count). The summed E-state index contributed by atoms with van der Waals surface area (Å²) in [6.07, 6.45) is 1.02. The van der Waals surface area contributed by atoms with Crippen LogP contribution in [0.2, 0.25) is 0 Å². The Kier molecular flexibility index (Phi) is 5.49. The van der Waals surface area contributed by atoms with E-state index in [-0.39, 0.29) is 0 Å². The summed E-state index contributed by atoms with van der Waals surface area (Å²) in [5.41, 5.74) is 1.03. The minimum absolute atomic E-state index is 0.354. The Labute approximate surface area is 120 Å². The van der Waals surface area contributed by atoms with E-state index >= 15 is 0 Å². The molecule has 1 saturated heterocycles. The summed E-state index contributed by atoms with van der Waals surface area (Å²) < 4.78 is 16.0. The van der Waals surface area contributed by atoms with Crippen molar-refractivity contribution in [1.29, 1.82) is 0 Å². The molecule has 0 bridgehead atoms. The molecule has 1 aromatic rings. The zero-order valence-electron chi connectivity index (χ0n) is 12.4. The molecule has 2 unspecified atom stereocenters. The second kappa shape index (κ2) is 7.36. The van der Waals surface area contributed by atoms with Crippen molar-refractivity contribution >= 4 is 5.69 Å². The van der Waals surface area contributed by atoms with E-state index < -0.39 is 0 Å². The van der Waals surface area contributed by atoms with Crippen molar-refractivity contribution in [3.8, 4) is 11.5 Å². The van der Waals surface area contributed by atoms with Crippen molar-refractivity contribution in [2.45, 2.75) is 25.4 Å². The van der Waals surface area contributed by atoms with E-state index in [4.69, 9.17) is 14.2 Å². The Hall–Kier alpha value is -1.46. The summed E-state index contributed by atoms with van der Waals surface area (Å²) in [5, 5.41) is 6.95. The maximum Gasteiger partial charge on any atom is 0.162 e. The quantitative estimate of drug-likeness (QED) is 0.833. The zero-order valence-corrected chi connectivity index (χ0v) is 12.4. The number of morpholine rings is 1. The predicted molar refractivity (Wildman–Crippen MR) is 79.9 cm³/mol. The lowest BCUT2D eigenvalue weighted by Gasteiger charge is -2.27. The minimum atomic E-state index is 0.354. The van der Waals surface area contributed by atoms with Gasteiger partial charge < -0.3 is 24.8 Å². The third kappa shape index (κ3) is 4.02. The van der Waals surface area contributed by atoms with Crippen LogP contribution in [0.5, 0.6) is 11.5 Å². The highest BCUT2D eigenvalue weighted by Crippen LogP contribution is 2.30. The third-order valence-electron chi connectivity index (χ3n) is 3.43. The normalized spacial score (nSPS) is 20.2. The summed E-state index contributed by atoms with van der Waals surface area (Å²) in [5.74, 6) is 1.48. The molecule has 0 spiro atoms. The van der Waals surface area contributed by atoms with Gasteiger partial charge in [-0.1, -0.05) is 0 Å². The van der Waals surface area contributed by atoms with Crippen LogP contribution in [-0.4, -0.2) is 46.1 Å². The maximum atomic E-state index is 5.47. The van der Waals surface area contributed by atoms with E-state index in [9.17, 15) is 0 Å². The smallest absolute Gasteiger partial charge is 0.162 e. The predicted octanol–water partition coefficient (Wildman–Crippen LogP) is 1.88. The Balaban J connectivity index is 1.91. The van der Waals surface area contributed by atoms with Crippen LogP contribution in [0.25, 0.3) is 0 Å². The average Bonchev–Trinajstić information content (AvgIpc) is 2.48. The number of hydrogen-bond donors (Lipinski definition) is 2. The van der Waals surface area contributed by atoms with Crippen molar-refractivity contribution in [3.05, 3.63) is 18.2 Å². The average molecular weight is 280 g/mol. The molecule has 0 aliphatic carbocycles. The van der Waals surface area contributed by atoms with Gasteiger partial charge in [0.2, 0.25) is 0 Å². The standard InChI is InChI=1S/C15H24N2O3/c1-11(8-13-10-20-7-6-16-13)17-12-4-5-14(18-2)15(9-12)19-3/h4-5,9,11,13,16-17H,6-8,10H2,1-3H3. The molecule has 0 aromatic heterocycles. The Morgan fingerprint density at radius 3 is 2.80 bits per heavy atom. The molecule has 0 radical (unpaired) electrons. The summed E-state index contributed by atoms with van der Waals surface area (Å²) in [6.45, 7) is 4.71. The van der Waals surface area contributed by atoms with Crippen LogP contribution in [0.3, 0.4) is 0 Å². The molecule has 1 heterocycles. The van der Waals surface area contributed by atoms with Crippen LogP contribution in [0.1, 0.15) is 13.3 Å². The van der Waals surface area contributed by atoms with E-state index in [0.29, 0.717) is 12.1 Å². The summed E-state index contributed by atoms with van der Waals surface area (Å²) in [7, 11) is 3.29. The lowest BCUT2D eigenvalue weighted by molar-refractivity contribution is 0.0731. The Morgan fingerprint density at radius 1 is 1.35 bits per heavy atom. The van der Waals surface area contributed by atoms with Crippen LogP contribution < -0.4 is 20.1 Å². The van der Waals surface area contributed by atoms with Gasteiger partial charge in [0.1, 0.15) is 0 Å². The first-order chi connectivity index (χ1) is 9.72. The van der Waals surface area contributed by atoms with Crippen molar-refractivity contribution < 1.29 is 14.2 Å². The monoisotopic (exact) mass is 280 g/mol. The fourth-order valence-corrected chi connectivity index (χ4v) is 2.47. The van der Waals surface area contributed by atoms with Gasteiger partial charge >= 0.3 is 0 Å². The van der Waals surface area contributed by atoms with Crippen LogP contribution >= 0.6 is 0 Å². The second-order valence-electron chi connectivity index (χ2n) is 5.08. The largest absolute Gasteiger partial charge is 0.493 e. The topological polar surface area (TPSA) is 51.8 Å². The first kappa shape index (κ1) is 14.9. The summed E-state index contributed by atoms with van der Waals surface area (Å²) in [4.78, 5) is 0. The minimum Gasteiger partial charge on any atom is -0.493 e. The van der Waals surface area contributed by atoms with E-state index in [1.54, 1.807) is 14.2 Å². The first-order valence-corrected chi connectivity index (χ1v) is 7.02. The van der Waals surface area contributed by atoms with Crippen molar-refractivity contribution in [1.82, 2.24) is 5.32 Å². The van der Waals surface area contributed by atoms with Gasteiger partial charge in [-0.05, 0) is 25.5 Å². The molecule has 1 fully saturated rings. The molecule has 5 heteroatoms. The van der Waals surface area contributed by atoms with Gasteiger partial charge in [-0.25, -0.2) is 0 Å². The van der Waals surface area contributed by atoms with Gasteiger partial charge in [0.05, 0.1) is 27.4 Å². The van der Waals surface area contributed by atoms with Gasteiger partial charge in [-0.3, -0.25) is 0 Å². The van der Waals surface area contributed by atoms with Gasteiger partial charge in [0.15, 0.2) is 11.5 Å². The molecule has 1 aromatic carbocycles. The SMILES string of the molecule is COc1ccc(NC(C)CC2COCCN2)cc1OC. The van der Waals surface area contributed by atoms with Crippen LogP contribution in [0, 0.1) is 0 Å². The van der Waals surface area contributed by atoms with E-state index in [0.717, 1.165) is 43.4 Å². The van der Waals surface area contributed by atoms with Gasteiger partial charge in [0.25, 0.3) is 0 Å². The van der Waals surface area contributed by atoms with E-state index in [2.05, 4.69) is 17.6 Å². The van der Waals surface area contributed by atoms with E-state index in [1.165, 1.54) is 0 Å². The van der Waals surface area contributed by atoms with Crippen LogP contribution in [0.15, 0.2) is 18.2 Å². The highest BCUT2D eigenvalue weighted by molar-refractivity contribution is 5.55. The van der Waals surface area contributed by atoms with Crippen molar-refractivity contribution in [2.75, 3.05) is 39.3 Å².